The lowest BCUT2D eigenvalue weighted by molar-refractivity contribution is -0.106. The van der Waals surface area contributed by atoms with Gasteiger partial charge < -0.3 is 15.2 Å². The van der Waals surface area contributed by atoms with Crippen molar-refractivity contribution in [1.29, 1.82) is 5.41 Å². The fourth-order valence-electron chi connectivity index (χ4n) is 2.49. The van der Waals surface area contributed by atoms with E-state index < -0.39 is 0 Å². The quantitative estimate of drug-likeness (QED) is 0.641. The van der Waals surface area contributed by atoms with E-state index in [4.69, 9.17) is 20.6 Å². The maximum atomic E-state index is 7.50. The van der Waals surface area contributed by atoms with Gasteiger partial charge >= 0.3 is 0 Å². The van der Waals surface area contributed by atoms with Crippen LogP contribution >= 0.6 is 0 Å². The van der Waals surface area contributed by atoms with E-state index in [9.17, 15) is 0 Å². The summed E-state index contributed by atoms with van der Waals surface area (Å²) in [5.41, 5.74) is 6.89. The van der Waals surface area contributed by atoms with Crippen LogP contribution in [-0.4, -0.2) is 29.1 Å². The number of nitrogen functional groups attached to an aromatic ring is 1. The molecule has 0 radical (unpaired) electrons. The highest BCUT2D eigenvalue weighted by atomic mass is 16.5. The summed E-state index contributed by atoms with van der Waals surface area (Å²) in [6.07, 6.45) is 4.10. The molecule has 1 aromatic heterocycles. The summed E-state index contributed by atoms with van der Waals surface area (Å²) in [4.78, 5) is 4.12. The molecule has 1 aliphatic rings. The van der Waals surface area contributed by atoms with Gasteiger partial charge in [0.15, 0.2) is 0 Å². The van der Waals surface area contributed by atoms with Crippen molar-refractivity contribution in [3.05, 3.63) is 29.6 Å². The Labute approximate surface area is 113 Å². The lowest BCUT2D eigenvalue weighted by Gasteiger charge is -2.32. The minimum absolute atomic E-state index is 0.0205. The van der Waals surface area contributed by atoms with Crippen LogP contribution in [0.1, 0.15) is 37.9 Å². The summed E-state index contributed by atoms with van der Waals surface area (Å²) in [7, 11) is 0. The van der Waals surface area contributed by atoms with Crippen molar-refractivity contribution in [3.8, 4) is 0 Å². The normalized spacial score (nSPS) is 27.2. The van der Waals surface area contributed by atoms with Crippen LogP contribution in [0.4, 0.5) is 0 Å². The molecule has 1 aliphatic heterocycles. The van der Waals surface area contributed by atoms with Crippen LogP contribution in [0.3, 0.4) is 0 Å². The Morgan fingerprint density at radius 2 is 2.16 bits per heavy atom. The van der Waals surface area contributed by atoms with Gasteiger partial charge in [0.05, 0.1) is 24.9 Å². The summed E-state index contributed by atoms with van der Waals surface area (Å²) < 4.78 is 11.6. The summed E-state index contributed by atoms with van der Waals surface area (Å²) in [5.74, 6) is -0.0205. The molecule has 19 heavy (non-hydrogen) atoms. The van der Waals surface area contributed by atoms with Crippen LogP contribution < -0.4 is 5.73 Å². The molecular weight excluding hydrogens is 242 g/mol. The highest BCUT2D eigenvalue weighted by Gasteiger charge is 2.25. The van der Waals surface area contributed by atoms with E-state index in [2.05, 4.69) is 18.8 Å². The Kier molecular flexibility index (Phi) is 4.50. The van der Waals surface area contributed by atoms with Crippen LogP contribution in [0.5, 0.6) is 0 Å². The average Bonchev–Trinajstić information content (AvgIpc) is 2.35. The number of pyridine rings is 1. The number of rotatable bonds is 4. The van der Waals surface area contributed by atoms with Crippen molar-refractivity contribution in [2.75, 3.05) is 0 Å². The fraction of sp³-hybridized carbons (Fsp3) is 0.571. The molecule has 5 nitrogen and oxygen atoms in total. The van der Waals surface area contributed by atoms with E-state index in [0.717, 1.165) is 18.4 Å². The maximum absolute atomic E-state index is 7.50. The van der Waals surface area contributed by atoms with Gasteiger partial charge in [-0.05, 0) is 32.8 Å². The molecule has 0 saturated carbocycles. The van der Waals surface area contributed by atoms with Crippen molar-refractivity contribution in [3.63, 3.8) is 0 Å². The van der Waals surface area contributed by atoms with Crippen molar-refractivity contribution < 1.29 is 9.47 Å². The molecule has 0 amide bonds. The van der Waals surface area contributed by atoms with Crippen LogP contribution in [0.2, 0.25) is 0 Å². The summed E-state index contributed by atoms with van der Waals surface area (Å²) in [6, 6.07) is 3.73. The Hall–Kier alpha value is -1.46. The Bertz CT molecular complexity index is 440. The number of ether oxygens (including phenoxy) is 2. The first kappa shape index (κ1) is 14.0. The first-order valence-corrected chi connectivity index (χ1v) is 6.61. The first-order valence-electron chi connectivity index (χ1n) is 6.61. The van der Waals surface area contributed by atoms with Gasteiger partial charge in [-0.3, -0.25) is 10.4 Å². The van der Waals surface area contributed by atoms with Gasteiger partial charge in [0.1, 0.15) is 11.5 Å². The molecule has 104 valence electrons. The van der Waals surface area contributed by atoms with Gasteiger partial charge in [0.25, 0.3) is 0 Å². The summed E-state index contributed by atoms with van der Waals surface area (Å²) >= 11 is 0. The number of nitrogens with zero attached hydrogens (tertiary/aromatic N) is 1. The lowest BCUT2D eigenvalue weighted by Crippen LogP contribution is -2.34. The van der Waals surface area contributed by atoms with E-state index in [-0.39, 0.29) is 24.1 Å². The number of hydrogen-bond acceptors (Lipinski definition) is 4. The standard InChI is InChI=1S/C14H21N3O2/c1-9-6-12(7-10(2)19-9)18-8-11-4-3-5-17-13(11)14(15)16/h3-5,9-10,12H,6-8H2,1-2H3,(H3,15,16). The molecule has 1 aromatic rings. The third kappa shape index (κ3) is 3.75. The van der Waals surface area contributed by atoms with Crippen LogP contribution in [-0.2, 0) is 16.1 Å². The second-order valence-electron chi connectivity index (χ2n) is 5.09. The molecule has 2 rings (SSSR count). The van der Waals surface area contributed by atoms with Crippen LogP contribution in [0.25, 0.3) is 0 Å². The monoisotopic (exact) mass is 263 g/mol. The van der Waals surface area contributed by atoms with Crippen molar-refractivity contribution >= 4 is 5.84 Å². The van der Waals surface area contributed by atoms with Gasteiger partial charge in [0.2, 0.25) is 0 Å². The zero-order valence-electron chi connectivity index (χ0n) is 11.4. The maximum Gasteiger partial charge on any atom is 0.142 e. The highest BCUT2D eigenvalue weighted by Crippen LogP contribution is 2.22. The molecule has 1 saturated heterocycles. The second kappa shape index (κ2) is 6.12. The lowest BCUT2D eigenvalue weighted by atomic mass is 10.0. The minimum Gasteiger partial charge on any atom is -0.382 e. The molecule has 5 heteroatoms. The SMILES string of the molecule is CC1CC(OCc2cccnc2C(=N)N)CC(C)O1. The number of nitrogens with two attached hydrogens (primary N) is 1. The van der Waals surface area contributed by atoms with Gasteiger partial charge in [-0.25, -0.2) is 0 Å². The predicted octanol–water partition coefficient (Wildman–Crippen LogP) is 1.84. The molecule has 3 N–H and O–H groups in total. The molecule has 2 unspecified atom stereocenters. The summed E-state index contributed by atoms with van der Waals surface area (Å²) in [5, 5.41) is 7.50. The van der Waals surface area contributed by atoms with Gasteiger partial charge in [-0.1, -0.05) is 6.07 Å². The third-order valence-corrected chi connectivity index (χ3v) is 3.28. The largest absolute Gasteiger partial charge is 0.382 e. The van der Waals surface area contributed by atoms with Gasteiger partial charge in [-0.15, -0.1) is 0 Å². The Morgan fingerprint density at radius 3 is 2.79 bits per heavy atom. The van der Waals surface area contributed by atoms with E-state index in [1.54, 1.807) is 6.20 Å². The Balaban J connectivity index is 1.97. The zero-order chi connectivity index (χ0) is 13.8. The van der Waals surface area contributed by atoms with Crippen molar-refractivity contribution in [2.24, 2.45) is 5.73 Å². The molecule has 1 fully saturated rings. The second-order valence-corrected chi connectivity index (χ2v) is 5.09. The average molecular weight is 263 g/mol. The molecule has 0 aromatic carbocycles. The Morgan fingerprint density at radius 1 is 1.47 bits per heavy atom. The molecule has 0 spiro atoms. The molecule has 0 aliphatic carbocycles. The number of amidine groups is 1. The summed E-state index contributed by atoms with van der Waals surface area (Å²) in [6.45, 7) is 4.57. The fourth-order valence-corrected chi connectivity index (χ4v) is 2.49. The van der Waals surface area contributed by atoms with E-state index >= 15 is 0 Å². The van der Waals surface area contributed by atoms with E-state index in [1.807, 2.05) is 12.1 Å². The topological polar surface area (TPSA) is 81.2 Å². The third-order valence-electron chi connectivity index (χ3n) is 3.28. The predicted molar refractivity (Wildman–Crippen MR) is 73.1 cm³/mol. The molecule has 2 heterocycles. The molecular formula is C14H21N3O2. The first-order chi connectivity index (χ1) is 9.06. The van der Waals surface area contributed by atoms with Crippen LogP contribution in [0, 0.1) is 5.41 Å². The number of aromatic nitrogens is 1. The van der Waals surface area contributed by atoms with E-state index in [0.29, 0.717) is 12.3 Å². The molecule has 0 bridgehead atoms. The number of hydrogen-bond donors (Lipinski definition) is 2. The van der Waals surface area contributed by atoms with Gasteiger partial charge in [0, 0.05) is 11.8 Å². The highest BCUT2D eigenvalue weighted by molar-refractivity contribution is 5.94. The van der Waals surface area contributed by atoms with Crippen LogP contribution in [0.15, 0.2) is 18.3 Å². The molecule has 2 atom stereocenters. The minimum atomic E-state index is -0.0205. The van der Waals surface area contributed by atoms with E-state index in [1.165, 1.54) is 0 Å². The smallest absolute Gasteiger partial charge is 0.142 e. The van der Waals surface area contributed by atoms with Crippen molar-refractivity contribution in [2.45, 2.75) is 51.6 Å². The van der Waals surface area contributed by atoms with Crippen molar-refractivity contribution in [1.82, 2.24) is 4.98 Å². The van der Waals surface area contributed by atoms with Gasteiger partial charge in [-0.2, -0.15) is 0 Å². The number of nitrogens with one attached hydrogen (secondary N) is 1. The zero-order valence-corrected chi connectivity index (χ0v) is 11.4.